The Balaban J connectivity index is 1.81. The molecule has 0 aliphatic rings. The molecule has 174 valence electrons. The molecule has 2 aromatic heterocycles. The third-order valence-electron chi connectivity index (χ3n) is 6.02. The highest BCUT2D eigenvalue weighted by atomic mass is 32.1. The Morgan fingerprint density at radius 3 is 2.82 bits per heavy atom. The lowest BCUT2D eigenvalue weighted by molar-refractivity contribution is -0.143. The number of benzene rings is 2. The van der Waals surface area contributed by atoms with Gasteiger partial charge in [0.2, 0.25) is 0 Å². The summed E-state index contributed by atoms with van der Waals surface area (Å²) in [5, 5.41) is 21.9. The number of fused-ring (bicyclic) bond motifs is 2. The van der Waals surface area contributed by atoms with E-state index in [4.69, 9.17) is 4.74 Å². The van der Waals surface area contributed by atoms with Crippen molar-refractivity contribution in [3.8, 4) is 0 Å². The largest absolute Gasteiger partial charge is 0.466 e. The van der Waals surface area contributed by atoms with Gasteiger partial charge in [-0.3, -0.25) is 4.79 Å². The van der Waals surface area contributed by atoms with E-state index in [0.29, 0.717) is 6.61 Å². The van der Waals surface area contributed by atoms with E-state index in [2.05, 4.69) is 33.4 Å². The Labute approximate surface area is 197 Å². The maximum Gasteiger partial charge on any atom is 0.306 e. The molecule has 0 aliphatic heterocycles. The quantitative estimate of drug-likeness (QED) is 0.374. The van der Waals surface area contributed by atoms with Crippen molar-refractivity contribution in [1.29, 1.82) is 0 Å². The normalized spacial score (nSPS) is 12.7. The van der Waals surface area contributed by atoms with E-state index in [9.17, 15) is 9.90 Å². The Hall–Kier alpha value is -2.81. The summed E-state index contributed by atoms with van der Waals surface area (Å²) in [5.41, 5.74) is 5.72. The third kappa shape index (κ3) is 4.78. The zero-order chi connectivity index (χ0) is 23.5. The second-order valence-electron chi connectivity index (χ2n) is 8.50. The first-order chi connectivity index (χ1) is 15.9. The van der Waals surface area contributed by atoms with Gasteiger partial charge in [0.25, 0.3) is 0 Å². The molecule has 0 bridgehead atoms. The molecule has 4 aromatic rings. The average molecular weight is 467 g/mol. The van der Waals surface area contributed by atoms with Gasteiger partial charge in [-0.05, 0) is 79.2 Å². The minimum Gasteiger partial charge on any atom is -0.466 e. The Morgan fingerprint density at radius 1 is 1.27 bits per heavy atom. The highest BCUT2D eigenvalue weighted by molar-refractivity contribution is 7.17. The summed E-state index contributed by atoms with van der Waals surface area (Å²) in [6, 6.07) is 10.3. The van der Waals surface area contributed by atoms with E-state index in [1.807, 2.05) is 50.1 Å². The minimum absolute atomic E-state index is 0.0464. The van der Waals surface area contributed by atoms with Gasteiger partial charge in [0, 0.05) is 17.2 Å². The first-order valence-electron chi connectivity index (χ1n) is 11.2. The van der Waals surface area contributed by atoms with Crippen molar-refractivity contribution >= 4 is 38.4 Å². The molecule has 2 aromatic carbocycles. The highest BCUT2D eigenvalue weighted by Gasteiger charge is 2.24. The predicted molar refractivity (Wildman–Crippen MR) is 132 cm³/mol. The van der Waals surface area contributed by atoms with Crippen molar-refractivity contribution in [2.45, 2.75) is 39.3 Å². The molecule has 2 heterocycles. The molecule has 0 aliphatic carbocycles. The number of nitrogens with zero attached hydrogens (tertiary/aromatic N) is 4. The first-order valence-corrected chi connectivity index (χ1v) is 12.0. The number of carbonyl (C=O) groups is 1. The number of hydrogen-bond acceptors (Lipinski definition) is 7. The Kier molecular flexibility index (Phi) is 7.07. The number of ether oxygens (including phenoxy) is 1. The molecule has 0 amide bonds. The number of aromatic nitrogens is 3. The van der Waals surface area contributed by atoms with Gasteiger partial charge in [0.15, 0.2) is 0 Å². The minimum atomic E-state index is -0.243. The van der Waals surface area contributed by atoms with Crippen LogP contribution in [0.2, 0.25) is 0 Å². The van der Waals surface area contributed by atoms with Crippen LogP contribution in [0, 0.1) is 6.92 Å². The maximum absolute atomic E-state index is 12.6. The fourth-order valence-corrected chi connectivity index (χ4v) is 5.20. The van der Waals surface area contributed by atoms with Crippen LogP contribution in [0.15, 0.2) is 35.7 Å². The van der Waals surface area contributed by atoms with E-state index < -0.39 is 0 Å². The molecule has 7 nitrogen and oxygen atoms in total. The summed E-state index contributed by atoms with van der Waals surface area (Å²) in [4.78, 5) is 14.7. The van der Waals surface area contributed by atoms with Crippen LogP contribution in [0.25, 0.3) is 21.1 Å². The molecule has 0 fully saturated rings. The van der Waals surface area contributed by atoms with Gasteiger partial charge >= 0.3 is 5.97 Å². The lowest BCUT2D eigenvalue weighted by Gasteiger charge is -2.21. The summed E-state index contributed by atoms with van der Waals surface area (Å²) in [5.74, 6) is -0.456. The fourth-order valence-electron chi connectivity index (χ4n) is 4.31. The smallest absolute Gasteiger partial charge is 0.306 e. The number of rotatable bonds is 9. The lowest BCUT2D eigenvalue weighted by Crippen LogP contribution is -2.19. The number of aliphatic hydroxyl groups excluding tert-OH is 1. The van der Waals surface area contributed by atoms with E-state index in [1.165, 1.54) is 0 Å². The molecule has 1 unspecified atom stereocenters. The van der Waals surface area contributed by atoms with Crippen molar-refractivity contribution in [3.63, 3.8) is 0 Å². The topological polar surface area (TPSA) is 80.5 Å². The summed E-state index contributed by atoms with van der Waals surface area (Å²) in [6.07, 6.45) is 0.218. The SMILES string of the molecule is CCOC(=O)CC(c1cc(CO)c2sccc2c1)c1ccc2c(nnn2CCN(C)C)c1C. The highest BCUT2D eigenvalue weighted by Crippen LogP contribution is 2.37. The first kappa shape index (κ1) is 23.4. The van der Waals surface area contributed by atoms with Crippen LogP contribution in [-0.2, 0) is 22.7 Å². The molecule has 1 atom stereocenters. The van der Waals surface area contributed by atoms with Crippen molar-refractivity contribution in [1.82, 2.24) is 19.9 Å². The zero-order valence-corrected chi connectivity index (χ0v) is 20.4. The number of hydrogen-bond donors (Lipinski definition) is 1. The molecule has 0 radical (unpaired) electrons. The second-order valence-corrected chi connectivity index (χ2v) is 9.42. The number of carbonyl (C=O) groups excluding carboxylic acids is 1. The molecular formula is C25H30N4O3S. The van der Waals surface area contributed by atoms with Crippen molar-refractivity contribution in [2.24, 2.45) is 0 Å². The van der Waals surface area contributed by atoms with Crippen molar-refractivity contribution in [3.05, 3.63) is 58.0 Å². The van der Waals surface area contributed by atoms with Crippen LogP contribution < -0.4 is 0 Å². The molecule has 4 rings (SSSR count). The number of likely N-dealkylation sites (N-methyl/N-ethyl adjacent to an activating group) is 1. The lowest BCUT2D eigenvalue weighted by atomic mass is 9.84. The number of aliphatic hydroxyl groups is 1. The van der Waals surface area contributed by atoms with Gasteiger partial charge in [-0.2, -0.15) is 0 Å². The standard InChI is InChI=1S/C25H30N4O3S/c1-5-32-23(31)14-21(18-12-17-8-11-33-25(17)19(13-18)15-30)20-6-7-22-24(16(20)2)26-27-29(22)10-9-28(3)4/h6-8,11-13,21,30H,5,9-10,14-15H2,1-4H3. The molecule has 0 saturated carbocycles. The predicted octanol–water partition coefficient (Wildman–Crippen LogP) is 4.09. The summed E-state index contributed by atoms with van der Waals surface area (Å²) in [7, 11) is 4.07. The van der Waals surface area contributed by atoms with Crippen molar-refractivity contribution in [2.75, 3.05) is 27.2 Å². The van der Waals surface area contributed by atoms with Gasteiger partial charge in [-0.15, -0.1) is 16.4 Å². The molecule has 0 saturated heterocycles. The second kappa shape index (κ2) is 9.99. The van der Waals surface area contributed by atoms with Crippen LogP contribution in [0.3, 0.4) is 0 Å². The maximum atomic E-state index is 12.6. The molecule has 0 spiro atoms. The monoisotopic (exact) mass is 466 g/mol. The zero-order valence-electron chi connectivity index (χ0n) is 19.5. The van der Waals surface area contributed by atoms with Gasteiger partial charge in [-0.1, -0.05) is 17.3 Å². The van der Waals surface area contributed by atoms with Gasteiger partial charge in [-0.25, -0.2) is 4.68 Å². The summed E-state index contributed by atoms with van der Waals surface area (Å²) >= 11 is 1.62. The molecule has 8 heteroatoms. The van der Waals surface area contributed by atoms with Gasteiger partial charge in [0.1, 0.15) is 5.52 Å². The molecular weight excluding hydrogens is 436 g/mol. The van der Waals surface area contributed by atoms with Crippen LogP contribution >= 0.6 is 11.3 Å². The Bertz CT molecular complexity index is 1280. The van der Waals surface area contributed by atoms with Crippen LogP contribution in [-0.4, -0.2) is 58.2 Å². The summed E-state index contributed by atoms with van der Waals surface area (Å²) < 4.78 is 8.31. The molecule has 1 N–H and O–H groups in total. The number of thiophene rings is 1. The van der Waals surface area contributed by atoms with E-state index >= 15 is 0 Å². The Morgan fingerprint density at radius 2 is 2.09 bits per heavy atom. The summed E-state index contributed by atoms with van der Waals surface area (Å²) in [6.45, 7) is 5.78. The van der Waals surface area contributed by atoms with Crippen LogP contribution in [0.4, 0.5) is 0 Å². The number of esters is 1. The average Bonchev–Trinajstić information content (AvgIpc) is 3.43. The fraction of sp³-hybridized carbons (Fsp3) is 0.400. The molecule has 33 heavy (non-hydrogen) atoms. The van der Waals surface area contributed by atoms with E-state index in [0.717, 1.165) is 56.5 Å². The van der Waals surface area contributed by atoms with Crippen LogP contribution in [0.5, 0.6) is 0 Å². The van der Waals surface area contributed by atoms with Crippen LogP contribution in [0.1, 0.15) is 41.5 Å². The van der Waals surface area contributed by atoms with Crippen molar-refractivity contribution < 1.29 is 14.6 Å². The van der Waals surface area contributed by atoms with E-state index in [1.54, 1.807) is 11.3 Å². The van der Waals surface area contributed by atoms with Gasteiger partial charge < -0.3 is 14.7 Å². The van der Waals surface area contributed by atoms with Gasteiger partial charge in [0.05, 0.1) is 31.7 Å². The number of aryl methyl sites for hydroxylation is 1. The van der Waals surface area contributed by atoms with E-state index in [-0.39, 0.29) is 24.9 Å². The third-order valence-corrected chi connectivity index (χ3v) is 7.02.